The molecule has 0 unspecified atom stereocenters. The second-order valence-electron chi connectivity index (χ2n) is 3.91. The summed E-state index contributed by atoms with van der Waals surface area (Å²) in [4.78, 5) is 15.9. The predicted octanol–water partition coefficient (Wildman–Crippen LogP) is 0.999. The van der Waals surface area contributed by atoms with E-state index in [4.69, 9.17) is 9.47 Å². The van der Waals surface area contributed by atoms with Gasteiger partial charge in [-0.25, -0.2) is 4.98 Å². The predicted molar refractivity (Wildman–Crippen MR) is 62.1 cm³/mol. The SMILES string of the molecule is COc1ncccc1C(=O)NC[C@H]1CCCO1. The number of nitrogens with zero attached hydrogens (tertiary/aromatic N) is 1. The first-order chi connectivity index (χ1) is 8.31. The van der Waals surface area contributed by atoms with E-state index in [1.165, 1.54) is 7.11 Å². The maximum atomic E-state index is 11.9. The third-order valence-electron chi connectivity index (χ3n) is 2.72. The van der Waals surface area contributed by atoms with Gasteiger partial charge >= 0.3 is 0 Å². The highest BCUT2D eigenvalue weighted by atomic mass is 16.5. The van der Waals surface area contributed by atoms with E-state index in [9.17, 15) is 4.79 Å². The van der Waals surface area contributed by atoms with Crippen LogP contribution < -0.4 is 10.1 Å². The molecule has 0 aliphatic carbocycles. The summed E-state index contributed by atoms with van der Waals surface area (Å²) in [5.74, 6) is 0.169. The van der Waals surface area contributed by atoms with E-state index in [1.807, 2.05) is 0 Å². The normalized spacial score (nSPS) is 19.0. The van der Waals surface area contributed by atoms with Gasteiger partial charge < -0.3 is 14.8 Å². The largest absolute Gasteiger partial charge is 0.480 e. The summed E-state index contributed by atoms with van der Waals surface area (Å²) in [6.07, 6.45) is 3.80. The second-order valence-corrected chi connectivity index (χ2v) is 3.91. The number of hydrogen-bond donors (Lipinski definition) is 1. The Hall–Kier alpha value is -1.62. The fourth-order valence-corrected chi connectivity index (χ4v) is 1.83. The van der Waals surface area contributed by atoms with Gasteiger partial charge in [0, 0.05) is 19.3 Å². The number of amides is 1. The van der Waals surface area contributed by atoms with E-state index in [1.54, 1.807) is 18.3 Å². The fourth-order valence-electron chi connectivity index (χ4n) is 1.83. The maximum absolute atomic E-state index is 11.9. The Morgan fingerprint density at radius 3 is 3.29 bits per heavy atom. The number of ether oxygens (including phenoxy) is 2. The van der Waals surface area contributed by atoms with E-state index < -0.39 is 0 Å². The second kappa shape index (κ2) is 5.63. The Kier molecular flexibility index (Phi) is 3.93. The number of nitrogens with one attached hydrogen (secondary N) is 1. The molecule has 2 rings (SSSR count). The molecule has 0 aromatic carbocycles. The molecular formula is C12H16N2O3. The van der Waals surface area contributed by atoms with Crippen molar-refractivity contribution in [2.45, 2.75) is 18.9 Å². The number of carbonyl (C=O) groups is 1. The van der Waals surface area contributed by atoms with Gasteiger partial charge in [-0.3, -0.25) is 4.79 Å². The highest BCUT2D eigenvalue weighted by Crippen LogP contribution is 2.14. The van der Waals surface area contributed by atoms with Gasteiger partial charge in [-0.05, 0) is 25.0 Å². The van der Waals surface area contributed by atoms with Gasteiger partial charge in [-0.2, -0.15) is 0 Å². The van der Waals surface area contributed by atoms with Crippen molar-refractivity contribution in [2.24, 2.45) is 0 Å². The summed E-state index contributed by atoms with van der Waals surface area (Å²) in [7, 11) is 1.50. The van der Waals surface area contributed by atoms with Gasteiger partial charge in [0.2, 0.25) is 5.88 Å². The van der Waals surface area contributed by atoms with Crippen molar-refractivity contribution in [1.29, 1.82) is 0 Å². The Balaban J connectivity index is 1.94. The Bertz CT molecular complexity index is 389. The molecule has 5 nitrogen and oxygen atoms in total. The van der Waals surface area contributed by atoms with E-state index in [0.29, 0.717) is 18.0 Å². The first-order valence-electron chi connectivity index (χ1n) is 5.70. The van der Waals surface area contributed by atoms with Crippen molar-refractivity contribution in [1.82, 2.24) is 10.3 Å². The molecule has 0 saturated carbocycles. The van der Waals surface area contributed by atoms with Crippen molar-refractivity contribution < 1.29 is 14.3 Å². The topological polar surface area (TPSA) is 60.5 Å². The van der Waals surface area contributed by atoms with Crippen molar-refractivity contribution in [3.63, 3.8) is 0 Å². The molecule has 1 saturated heterocycles. The average molecular weight is 236 g/mol. The highest BCUT2D eigenvalue weighted by molar-refractivity contribution is 5.96. The molecular weight excluding hydrogens is 220 g/mol. The van der Waals surface area contributed by atoms with Crippen LogP contribution in [0.3, 0.4) is 0 Å². The first-order valence-corrected chi connectivity index (χ1v) is 5.70. The Labute approximate surface area is 100 Å². The van der Waals surface area contributed by atoms with Crippen molar-refractivity contribution in [2.75, 3.05) is 20.3 Å². The molecule has 1 aliphatic rings. The van der Waals surface area contributed by atoms with Crippen LogP contribution >= 0.6 is 0 Å². The molecule has 1 amide bonds. The van der Waals surface area contributed by atoms with Crippen LogP contribution in [0.25, 0.3) is 0 Å². The number of aromatic nitrogens is 1. The zero-order valence-corrected chi connectivity index (χ0v) is 9.81. The van der Waals surface area contributed by atoms with Crippen LogP contribution in [0.4, 0.5) is 0 Å². The molecule has 2 heterocycles. The first kappa shape index (κ1) is 11.9. The van der Waals surface area contributed by atoms with Crippen molar-refractivity contribution in [3.8, 4) is 5.88 Å². The quantitative estimate of drug-likeness (QED) is 0.847. The van der Waals surface area contributed by atoms with Crippen LogP contribution in [0.5, 0.6) is 5.88 Å². The maximum Gasteiger partial charge on any atom is 0.256 e. The van der Waals surface area contributed by atoms with Crippen LogP contribution in [0.2, 0.25) is 0 Å². The minimum atomic E-state index is -0.176. The molecule has 92 valence electrons. The molecule has 1 atom stereocenters. The van der Waals surface area contributed by atoms with E-state index in [-0.39, 0.29) is 12.0 Å². The fraction of sp³-hybridized carbons (Fsp3) is 0.500. The van der Waals surface area contributed by atoms with E-state index in [2.05, 4.69) is 10.3 Å². The molecule has 1 fully saturated rings. The van der Waals surface area contributed by atoms with Crippen molar-refractivity contribution >= 4 is 5.91 Å². The summed E-state index contributed by atoms with van der Waals surface area (Å²) in [6.45, 7) is 1.33. The van der Waals surface area contributed by atoms with Crippen molar-refractivity contribution in [3.05, 3.63) is 23.9 Å². The number of methoxy groups -OCH3 is 1. The van der Waals surface area contributed by atoms with E-state index in [0.717, 1.165) is 19.4 Å². The molecule has 1 N–H and O–H groups in total. The zero-order valence-electron chi connectivity index (χ0n) is 9.81. The Morgan fingerprint density at radius 1 is 1.71 bits per heavy atom. The lowest BCUT2D eigenvalue weighted by Crippen LogP contribution is -2.32. The summed E-state index contributed by atoms with van der Waals surface area (Å²) in [6, 6.07) is 3.40. The van der Waals surface area contributed by atoms with Gasteiger partial charge in [-0.15, -0.1) is 0 Å². The van der Waals surface area contributed by atoms with E-state index >= 15 is 0 Å². The molecule has 1 aromatic heterocycles. The average Bonchev–Trinajstić information content (AvgIpc) is 2.89. The van der Waals surface area contributed by atoms with Gasteiger partial charge in [0.05, 0.1) is 13.2 Å². The summed E-state index contributed by atoms with van der Waals surface area (Å²) < 4.78 is 10.5. The van der Waals surface area contributed by atoms with Crippen LogP contribution in [-0.4, -0.2) is 37.3 Å². The molecule has 0 radical (unpaired) electrons. The zero-order chi connectivity index (χ0) is 12.1. The van der Waals surface area contributed by atoms with Crippen LogP contribution in [0.1, 0.15) is 23.2 Å². The monoisotopic (exact) mass is 236 g/mol. The lowest BCUT2D eigenvalue weighted by atomic mass is 10.2. The molecule has 0 spiro atoms. The van der Waals surface area contributed by atoms with Gasteiger partial charge in [0.25, 0.3) is 5.91 Å². The van der Waals surface area contributed by atoms with Crippen LogP contribution in [0, 0.1) is 0 Å². The lowest BCUT2D eigenvalue weighted by molar-refractivity contribution is 0.0854. The number of hydrogen-bond acceptors (Lipinski definition) is 4. The molecule has 5 heteroatoms. The highest BCUT2D eigenvalue weighted by Gasteiger charge is 2.18. The molecule has 1 aliphatic heterocycles. The number of carbonyl (C=O) groups excluding carboxylic acids is 1. The molecule has 17 heavy (non-hydrogen) atoms. The Morgan fingerprint density at radius 2 is 2.59 bits per heavy atom. The molecule has 0 bridgehead atoms. The smallest absolute Gasteiger partial charge is 0.256 e. The lowest BCUT2D eigenvalue weighted by Gasteiger charge is -2.11. The number of rotatable bonds is 4. The number of pyridine rings is 1. The summed E-state index contributed by atoms with van der Waals surface area (Å²) in [5, 5.41) is 2.83. The van der Waals surface area contributed by atoms with Gasteiger partial charge in [0.1, 0.15) is 5.56 Å². The van der Waals surface area contributed by atoms with Crippen LogP contribution in [0.15, 0.2) is 18.3 Å². The van der Waals surface area contributed by atoms with Gasteiger partial charge in [0.15, 0.2) is 0 Å². The summed E-state index contributed by atoms with van der Waals surface area (Å²) >= 11 is 0. The van der Waals surface area contributed by atoms with Gasteiger partial charge in [-0.1, -0.05) is 0 Å². The van der Waals surface area contributed by atoms with Crippen LogP contribution in [-0.2, 0) is 4.74 Å². The summed E-state index contributed by atoms with van der Waals surface area (Å²) in [5.41, 5.74) is 0.452. The standard InChI is InChI=1S/C12H16N2O3/c1-16-12-10(5-2-6-13-12)11(15)14-8-9-4-3-7-17-9/h2,5-6,9H,3-4,7-8H2,1H3,(H,14,15)/t9-/m1/s1. The minimum absolute atomic E-state index is 0.140. The minimum Gasteiger partial charge on any atom is -0.480 e. The third kappa shape index (κ3) is 2.94. The molecule has 1 aromatic rings. The third-order valence-corrected chi connectivity index (χ3v) is 2.72.